The Morgan fingerprint density at radius 3 is 1.40 bits per heavy atom. The third-order valence-electron chi connectivity index (χ3n) is 9.94. The van der Waals surface area contributed by atoms with Crippen LogP contribution in [0.25, 0.3) is 56.0 Å². The molecule has 3 unspecified atom stereocenters. The summed E-state index contributed by atoms with van der Waals surface area (Å²) >= 11 is -3.00. The van der Waals surface area contributed by atoms with E-state index < -0.39 is 25.6 Å². The summed E-state index contributed by atoms with van der Waals surface area (Å²) in [6.07, 6.45) is 4.73. The van der Waals surface area contributed by atoms with Gasteiger partial charge in [0.15, 0.2) is 0 Å². The van der Waals surface area contributed by atoms with Gasteiger partial charge in [-0.05, 0) is 0 Å². The second-order valence-corrected chi connectivity index (χ2v) is 19.4. The first-order valence-electron chi connectivity index (χ1n) is 15.8. The molecular weight excluding hydrogens is 628 g/mol. The molecule has 8 rings (SSSR count). The zero-order valence-electron chi connectivity index (χ0n) is 25.5. The van der Waals surface area contributed by atoms with Gasteiger partial charge in [0.25, 0.3) is 0 Å². The van der Waals surface area contributed by atoms with E-state index in [1.165, 1.54) is 77.2 Å². The van der Waals surface area contributed by atoms with E-state index in [-0.39, 0.29) is 13.9 Å². The average molecular weight is 663 g/mol. The first-order chi connectivity index (χ1) is 22.0. The van der Waals surface area contributed by atoms with Crippen LogP contribution in [-0.4, -0.2) is 20.6 Å². The van der Waals surface area contributed by atoms with Crippen LogP contribution in [0, 0.1) is 0 Å². The number of aliphatic hydroxyl groups is 2. The number of hydrogen-bond acceptors (Lipinski definition) is 2. The van der Waals surface area contributed by atoms with Crippen LogP contribution in [0.2, 0.25) is 0 Å². The molecule has 0 aromatic heterocycles. The molecule has 0 aliphatic heterocycles. The van der Waals surface area contributed by atoms with Crippen molar-refractivity contribution in [3.63, 3.8) is 0 Å². The Hall–Kier alpha value is -3.88. The van der Waals surface area contributed by atoms with Crippen LogP contribution in [-0.2, 0) is 21.8 Å². The van der Waals surface area contributed by atoms with Crippen molar-refractivity contribution >= 4 is 33.7 Å². The molecule has 45 heavy (non-hydrogen) atoms. The molecule has 0 amide bonds. The number of hydrogen-bond donors (Lipinski definition) is 2. The van der Waals surface area contributed by atoms with Gasteiger partial charge in [0.05, 0.1) is 0 Å². The molecule has 2 N–H and O–H groups in total. The topological polar surface area (TPSA) is 40.5 Å². The minimum absolute atomic E-state index is 0.167. The third kappa shape index (κ3) is 4.64. The van der Waals surface area contributed by atoms with Crippen molar-refractivity contribution in [3.8, 4) is 22.3 Å². The van der Waals surface area contributed by atoms with E-state index in [1.54, 1.807) is 0 Å². The fourth-order valence-corrected chi connectivity index (χ4v) is 17.3. The van der Waals surface area contributed by atoms with Crippen molar-refractivity contribution in [1.82, 2.24) is 0 Å². The molecule has 0 saturated carbocycles. The number of allylic oxidation sites excluding steroid dienone is 2. The molecule has 0 bridgehead atoms. The molecule has 0 radical (unpaired) electrons. The van der Waals surface area contributed by atoms with Crippen molar-refractivity contribution in [2.75, 3.05) is 6.61 Å². The number of fused-ring (bicyclic) bond motifs is 4. The summed E-state index contributed by atoms with van der Waals surface area (Å²) in [7, 11) is 0. The van der Waals surface area contributed by atoms with Crippen molar-refractivity contribution in [2.45, 2.75) is 24.9 Å². The van der Waals surface area contributed by atoms with E-state index >= 15 is 0 Å². The van der Waals surface area contributed by atoms with E-state index in [0.29, 0.717) is 0 Å². The molecule has 6 aromatic rings. The van der Waals surface area contributed by atoms with Gasteiger partial charge in [-0.3, -0.25) is 0 Å². The van der Waals surface area contributed by atoms with Crippen LogP contribution in [0.3, 0.4) is 0 Å². The van der Waals surface area contributed by atoms with Gasteiger partial charge < -0.3 is 0 Å². The van der Waals surface area contributed by atoms with E-state index in [0.717, 1.165) is 0 Å². The maximum absolute atomic E-state index is 11.8. The van der Waals surface area contributed by atoms with E-state index in [9.17, 15) is 10.2 Å². The Kier molecular flexibility index (Phi) is 7.30. The SMILES string of the molecule is CC1=Cc2c(-c3cccc4ccccc34)cccc2[CH]1[Zr]([CH](O)CO)[CH]1C(C)=Cc2c(-c3cccc4ccccc34)cccc21. The Labute approximate surface area is 272 Å². The van der Waals surface area contributed by atoms with Gasteiger partial charge in [-0.1, -0.05) is 0 Å². The summed E-state index contributed by atoms with van der Waals surface area (Å²) in [4.78, 5) is 0. The number of rotatable bonds is 6. The first kappa shape index (κ1) is 28.6. The second-order valence-electron chi connectivity index (χ2n) is 12.5. The summed E-state index contributed by atoms with van der Waals surface area (Å²) in [5.74, 6) is 0. The Balaban J connectivity index is 1.27. The van der Waals surface area contributed by atoms with Crippen LogP contribution in [0.15, 0.2) is 132 Å². The normalized spacial score (nSPS) is 17.6. The molecule has 2 aliphatic rings. The van der Waals surface area contributed by atoms with Gasteiger partial charge in [0.1, 0.15) is 0 Å². The van der Waals surface area contributed by atoms with E-state index in [4.69, 9.17) is 0 Å². The average Bonchev–Trinajstić information content (AvgIpc) is 3.60. The van der Waals surface area contributed by atoms with Crippen LogP contribution < -0.4 is 0 Å². The molecule has 2 aliphatic carbocycles. The van der Waals surface area contributed by atoms with Gasteiger partial charge in [-0.25, -0.2) is 0 Å². The van der Waals surface area contributed by atoms with Crippen LogP contribution in [0.5, 0.6) is 0 Å². The maximum atomic E-state index is 11.8. The van der Waals surface area contributed by atoms with E-state index in [1.807, 2.05) is 0 Å². The van der Waals surface area contributed by atoms with E-state index in [2.05, 4.69) is 147 Å². The molecule has 3 heteroatoms. The van der Waals surface area contributed by atoms with Gasteiger partial charge in [-0.2, -0.15) is 0 Å². The van der Waals surface area contributed by atoms with Crippen LogP contribution >= 0.6 is 0 Å². The first-order valence-corrected chi connectivity index (χ1v) is 20.0. The predicted molar refractivity (Wildman–Crippen MR) is 185 cm³/mol. The fourth-order valence-electron chi connectivity index (χ4n) is 8.04. The molecule has 0 fully saturated rings. The zero-order chi connectivity index (χ0) is 30.7. The van der Waals surface area contributed by atoms with Crippen molar-refractivity contribution in [1.29, 1.82) is 0 Å². The molecule has 0 saturated heterocycles. The second kappa shape index (κ2) is 11.5. The summed E-state index contributed by atoms with van der Waals surface area (Å²) < 4.78 is -0.353. The summed E-state index contributed by atoms with van der Waals surface area (Å²) in [6, 6.07) is 43.7. The third-order valence-corrected chi connectivity index (χ3v) is 19.3. The molecule has 2 nitrogen and oxygen atoms in total. The predicted octanol–water partition coefficient (Wildman–Crippen LogP) is 9.87. The molecule has 0 spiro atoms. The molecular formula is C42H35O2Zr. The van der Waals surface area contributed by atoms with Gasteiger partial charge in [-0.15, -0.1) is 0 Å². The van der Waals surface area contributed by atoms with Crippen LogP contribution in [0.4, 0.5) is 0 Å². The Bertz CT molecular complexity index is 2010. The van der Waals surface area contributed by atoms with Crippen molar-refractivity contribution in [2.24, 2.45) is 0 Å². The number of benzene rings is 6. The molecule has 0 heterocycles. The van der Waals surface area contributed by atoms with Gasteiger partial charge in [0.2, 0.25) is 0 Å². The minimum atomic E-state index is -3.00. The monoisotopic (exact) mass is 661 g/mol. The zero-order valence-corrected chi connectivity index (χ0v) is 28.0. The van der Waals surface area contributed by atoms with Crippen LogP contribution in [0.1, 0.15) is 43.4 Å². The molecule has 219 valence electrons. The van der Waals surface area contributed by atoms with Crippen molar-refractivity contribution in [3.05, 3.63) is 155 Å². The van der Waals surface area contributed by atoms with Gasteiger partial charge in [0, 0.05) is 0 Å². The molecule has 6 aromatic carbocycles. The summed E-state index contributed by atoms with van der Waals surface area (Å²) in [5.41, 5.74) is 12.7. The summed E-state index contributed by atoms with van der Waals surface area (Å²) in [6.45, 7) is 4.28. The standard InChI is InChI=1S/2C20H15.C2H5O2.Zr/c2*1-14-12-16-8-5-11-19(20(16)13-14)18-10-4-7-15-6-2-3-9-17(15)18;3-1-2-4;/h2*2-13H,1H3;1,3-4H,2H2;. The Morgan fingerprint density at radius 2 is 0.933 bits per heavy atom. The summed E-state index contributed by atoms with van der Waals surface area (Å²) in [5, 5.41) is 27.3. The number of aliphatic hydroxyl groups excluding tert-OH is 2. The van der Waals surface area contributed by atoms with Crippen molar-refractivity contribution < 1.29 is 32.0 Å². The van der Waals surface area contributed by atoms with Gasteiger partial charge >= 0.3 is 274 Å². The Morgan fingerprint density at radius 1 is 0.533 bits per heavy atom. The fraction of sp³-hybridized carbons (Fsp3) is 0.143. The quantitative estimate of drug-likeness (QED) is 0.186. The molecule has 3 atom stereocenters.